The highest BCUT2D eigenvalue weighted by Gasteiger charge is 2.09. The number of nitrogens with zero attached hydrogens (tertiary/aromatic N) is 1. The summed E-state index contributed by atoms with van der Waals surface area (Å²) < 4.78 is 1.07. The van der Waals surface area contributed by atoms with E-state index in [0.29, 0.717) is 12.5 Å². The van der Waals surface area contributed by atoms with Crippen LogP contribution in [0.25, 0.3) is 0 Å². The van der Waals surface area contributed by atoms with Gasteiger partial charge in [0.25, 0.3) is 0 Å². The molecule has 1 rings (SSSR count). The van der Waals surface area contributed by atoms with E-state index in [9.17, 15) is 0 Å². The van der Waals surface area contributed by atoms with Gasteiger partial charge in [0.15, 0.2) is 5.96 Å². The highest BCUT2D eigenvalue weighted by Crippen LogP contribution is 2.11. The summed E-state index contributed by atoms with van der Waals surface area (Å²) >= 11 is 3.39. The van der Waals surface area contributed by atoms with E-state index in [1.807, 2.05) is 24.3 Å². The number of halogens is 1. The average Bonchev–Trinajstić information content (AvgIpc) is 2.14. The molecule has 0 fully saturated rings. The van der Waals surface area contributed by atoms with Crippen LogP contribution in [0.5, 0.6) is 0 Å². The number of nitrogens with one attached hydrogen (secondary N) is 1. The first kappa shape index (κ1) is 13.0. The molecule has 3 nitrogen and oxygen atoms in total. The predicted octanol–water partition coefficient (Wildman–Crippen LogP) is 2.65. The van der Waals surface area contributed by atoms with Crippen molar-refractivity contribution < 1.29 is 0 Å². The zero-order valence-corrected chi connectivity index (χ0v) is 11.5. The Hall–Kier alpha value is -1.03. The van der Waals surface area contributed by atoms with Gasteiger partial charge in [-0.3, -0.25) is 0 Å². The van der Waals surface area contributed by atoms with Gasteiger partial charge in [0.2, 0.25) is 0 Å². The number of hydrogen-bond acceptors (Lipinski definition) is 1. The minimum atomic E-state index is -0.0483. The maximum atomic E-state index is 5.77. The monoisotopic (exact) mass is 283 g/mol. The molecule has 0 unspecified atom stereocenters. The van der Waals surface area contributed by atoms with Crippen LogP contribution >= 0.6 is 15.9 Å². The highest BCUT2D eigenvalue weighted by atomic mass is 79.9. The van der Waals surface area contributed by atoms with Gasteiger partial charge in [0, 0.05) is 10.0 Å². The second-order valence-corrected chi connectivity index (χ2v) is 5.62. The molecule has 0 aromatic heterocycles. The predicted molar refractivity (Wildman–Crippen MR) is 72.4 cm³/mol. The normalized spacial score (nSPS) is 12.6. The van der Waals surface area contributed by atoms with Crippen LogP contribution in [-0.2, 0) is 6.54 Å². The van der Waals surface area contributed by atoms with Crippen molar-refractivity contribution in [2.45, 2.75) is 32.9 Å². The van der Waals surface area contributed by atoms with E-state index >= 15 is 0 Å². The van der Waals surface area contributed by atoms with Crippen molar-refractivity contribution in [3.05, 3.63) is 34.3 Å². The lowest BCUT2D eigenvalue weighted by molar-refractivity contribution is 0.508. The zero-order valence-electron chi connectivity index (χ0n) is 9.92. The summed E-state index contributed by atoms with van der Waals surface area (Å²) in [6.07, 6.45) is 0. The van der Waals surface area contributed by atoms with Gasteiger partial charge in [-0.1, -0.05) is 28.1 Å². The summed E-state index contributed by atoms with van der Waals surface area (Å²) in [4.78, 5) is 4.28. The summed E-state index contributed by atoms with van der Waals surface area (Å²) in [6, 6.07) is 8.05. The fraction of sp³-hybridized carbons (Fsp3) is 0.417. The van der Waals surface area contributed by atoms with Crippen LogP contribution in [0.15, 0.2) is 33.7 Å². The van der Waals surface area contributed by atoms with Crippen molar-refractivity contribution >= 4 is 21.9 Å². The van der Waals surface area contributed by atoms with Crippen LogP contribution in [0.4, 0.5) is 0 Å². The molecule has 0 saturated carbocycles. The van der Waals surface area contributed by atoms with Crippen molar-refractivity contribution in [3.8, 4) is 0 Å². The molecule has 16 heavy (non-hydrogen) atoms. The van der Waals surface area contributed by atoms with Crippen molar-refractivity contribution in [3.63, 3.8) is 0 Å². The van der Waals surface area contributed by atoms with Gasteiger partial charge in [-0.15, -0.1) is 0 Å². The van der Waals surface area contributed by atoms with Crippen LogP contribution < -0.4 is 11.1 Å². The van der Waals surface area contributed by atoms with Crippen LogP contribution in [0.3, 0.4) is 0 Å². The lowest BCUT2D eigenvalue weighted by Crippen LogP contribution is -2.44. The molecule has 0 aliphatic rings. The van der Waals surface area contributed by atoms with Crippen LogP contribution in [0.1, 0.15) is 26.3 Å². The molecule has 0 aliphatic carbocycles. The first-order valence-electron chi connectivity index (χ1n) is 5.19. The first-order chi connectivity index (χ1) is 7.37. The third kappa shape index (κ3) is 5.16. The van der Waals surface area contributed by atoms with E-state index in [2.05, 4.69) is 47.0 Å². The zero-order chi connectivity index (χ0) is 12.2. The molecular formula is C12H18BrN3. The Bertz CT molecular complexity index is 363. The smallest absolute Gasteiger partial charge is 0.189 e. The second-order valence-electron chi connectivity index (χ2n) is 4.70. The molecular weight excluding hydrogens is 266 g/mol. The molecule has 0 heterocycles. The molecule has 0 saturated heterocycles. The number of rotatable bonds is 2. The Morgan fingerprint density at radius 1 is 1.31 bits per heavy atom. The van der Waals surface area contributed by atoms with Gasteiger partial charge >= 0.3 is 0 Å². The molecule has 0 spiro atoms. The molecule has 0 atom stereocenters. The molecule has 4 heteroatoms. The molecule has 0 amide bonds. The third-order valence-electron chi connectivity index (χ3n) is 1.85. The molecule has 1 aromatic carbocycles. The Labute approximate surface area is 105 Å². The summed E-state index contributed by atoms with van der Waals surface area (Å²) in [5.41, 5.74) is 6.86. The quantitative estimate of drug-likeness (QED) is 0.648. The van der Waals surface area contributed by atoms with Crippen LogP contribution in [0, 0.1) is 0 Å². The highest BCUT2D eigenvalue weighted by molar-refractivity contribution is 9.10. The minimum absolute atomic E-state index is 0.0483. The van der Waals surface area contributed by atoms with E-state index in [-0.39, 0.29) is 5.54 Å². The van der Waals surface area contributed by atoms with Gasteiger partial charge < -0.3 is 11.1 Å². The third-order valence-corrected chi connectivity index (χ3v) is 2.38. The lowest BCUT2D eigenvalue weighted by Gasteiger charge is -2.20. The average molecular weight is 284 g/mol. The number of guanidine groups is 1. The number of benzene rings is 1. The fourth-order valence-electron chi connectivity index (χ4n) is 1.19. The Balaban J connectivity index is 2.56. The molecule has 0 aliphatic heterocycles. The summed E-state index contributed by atoms with van der Waals surface area (Å²) in [6.45, 7) is 6.75. The summed E-state index contributed by atoms with van der Waals surface area (Å²) in [5, 5.41) is 3.12. The van der Waals surface area contributed by atoms with E-state index in [1.165, 1.54) is 0 Å². The Morgan fingerprint density at radius 3 is 2.38 bits per heavy atom. The van der Waals surface area contributed by atoms with Crippen LogP contribution in [0.2, 0.25) is 0 Å². The molecule has 3 N–H and O–H groups in total. The number of hydrogen-bond donors (Lipinski definition) is 2. The largest absolute Gasteiger partial charge is 0.370 e. The van der Waals surface area contributed by atoms with Gasteiger partial charge in [-0.25, -0.2) is 4.99 Å². The van der Waals surface area contributed by atoms with E-state index < -0.39 is 0 Å². The maximum absolute atomic E-state index is 5.77. The van der Waals surface area contributed by atoms with Crippen molar-refractivity contribution in [2.75, 3.05) is 0 Å². The summed E-state index contributed by atoms with van der Waals surface area (Å²) in [7, 11) is 0. The SMILES string of the molecule is CC(C)(C)NC(N)=NCc1ccc(Br)cc1. The minimum Gasteiger partial charge on any atom is -0.370 e. The van der Waals surface area contributed by atoms with Gasteiger partial charge in [0.05, 0.1) is 6.54 Å². The van der Waals surface area contributed by atoms with Crippen molar-refractivity contribution in [1.82, 2.24) is 5.32 Å². The van der Waals surface area contributed by atoms with Gasteiger partial charge in [-0.2, -0.15) is 0 Å². The standard InChI is InChI=1S/C12H18BrN3/c1-12(2,3)16-11(14)15-8-9-4-6-10(13)7-5-9/h4-7H,8H2,1-3H3,(H3,14,15,16). The number of aliphatic imine (C=N–C) groups is 1. The topological polar surface area (TPSA) is 50.4 Å². The second kappa shape index (κ2) is 5.34. The van der Waals surface area contributed by atoms with Crippen molar-refractivity contribution in [2.24, 2.45) is 10.7 Å². The van der Waals surface area contributed by atoms with Crippen molar-refractivity contribution in [1.29, 1.82) is 0 Å². The van der Waals surface area contributed by atoms with Crippen LogP contribution in [-0.4, -0.2) is 11.5 Å². The summed E-state index contributed by atoms with van der Waals surface area (Å²) in [5.74, 6) is 0.482. The molecule has 88 valence electrons. The fourth-order valence-corrected chi connectivity index (χ4v) is 1.45. The van der Waals surface area contributed by atoms with E-state index in [4.69, 9.17) is 5.73 Å². The Kier molecular flexibility index (Phi) is 4.35. The van der Waals surface area contributed by atoms with Gasteiger partial charge in [0.1, 0.15) is 0 Å². The lowest BCUT2D eigenvalue weighted by atomic mass is 10.1. The van der Waals surface area contributed by atoms with E-state index in [1.54, 1.807) is 0 Å². The maximum Gasteiger partial charge on any atom is 0.189 e. The first-order valence-corrected chi connectivity index (χ1v) is 5.99. The number of nitrogens with two attached hydrogens (primary N) is 1. The molecule has 0 radical (unpaired) electrons. The van der Waals surface area contributed by atoms with E-state index in [0.717, 1.165) is 10.0 Å². The molecule has 0 bridgehead atoms. The molecule has 1 aromatic rings. The van der Waals surface area contributed by atoms with Gasteiger partial charge in [-0.05, 0) is 38.5 Å². The Morgan fingerprint density at radius 2 is 1.88 bits per heavy atom.